The molecule has 0 bridgehead atoms. The molecule has 0 aliphatic rings. The lowest BCUT2D eigenvalue weighted by atomic mass is 10.2. The molecule has 1 aromatic heterocycles. The molecule has 4 rings (SSSR count). The molecule has 0 aliphatic heterocycles. The molecule has 172 valence electrons. The van der Waals surface area contributed by atoms with Crippen molar-refractivity contribution in [2.45, 2.75) is 13.1 Å². The van der Waals surface area contributed by atoms with Gasteiger partial charge >= 0.3 is 5.69 Å². The summed E-state index contributed by atoms with van der Waals surface area (Å²) in [7, 11) is 0. The van der Waals surface area contributed by atoms with E-state index in [1.54, 1.807) is 6.07 Å². The predicted molar refractivity (Wildman–Crippen MR) is 122 cm³/mol. The van der Waals surface area contributed by atoms with Gasteiger partial charge in [-0.3, -0.25) is 14.2 Å². The van der Waals surface area contributed by atoms with Gasteiger partial charge in [0.25, 0.3) is 11.5 Å². The van der Waals surface area contributed by atoms with Crippen LogP contribution in [0.15, 0.2) is 82.4 Å². The number of hydrogen-bond donors (Lipinski definition) is 1. The van der Waals surface area contributed by atoms with Crippen LogP contribution < -0.4 is 16.6 Å². The highest BCUT2D eigenvalue weighted by atomic mass is 35.5. The molecule has 0 aliphatic carbocycles. The van der Waals surface area contributed by atoms with Crippen LogP contribution >= 0.6 is 11.6 Å². The molecule has 7 nitrogen and oxygen atoms in total. The van der Waals surface area contributed by atoms with Gasteiger partial charge in [0.15, 0.2) is 0 Å². The number of amides is 1. The molecule has 4 aromatic rings. The van der Waals surface area contributed by atoms with Gasteiger partial charge in [-0.05, 0) is 59.7 Å². The molecule has 10 heteroatoms. The number of hydrogen-bond acceptors (Lipinski definition) is 4. The maximum Gasteiger partial charge on any atom is 0.352 e. The van der Waals surface area contributed by atoms with E-state index in [0.29, 0.717) is 16.1 Å². The molecule has 0 saturated carbocycles. The largest absolute Gasteiger partial charge is 0.352 e. The van der Waals surface area contributed by atoms with Crippen LogP contribution in [0.5, 0.6) is 0 Å². The van der Waals surface area contributed by atoms with Crippen LogP contribution in [-0.2, 0) is 13.1 Å². The molecule has 1 heterocycles. The van der Waals surface area contributed by atoms with E-state index in [0.717, 1.165) is 9.25 Å². The lowest BCUT2D eigenvalue weighted by molar-refractivity contribution is 0.0941. The maximum absolute atomic E-state index is 13.7. The third-order valence-corrected chi connectivity index (χ3v) is 5.19. The number of carbonyl (C=O) groups excluding carboxylic acids is 1. The first-order valence-electron chi connectivity index (χ1n) is 10.1. The van der Waals surface area contributed by atoms with Gasteiger partial charge in [0.2, 0.25) is 5.69 Å². The zero-order chi connectivity index (χ0) is 24.2. The second kappa shape index (κ2) is 9.80. The lowest BCUT2D eigenvalue weighted by Gasteiger charge is -2.12. The SMILES string of the molecule is O=C(NCc1ccc(F)cc1)c1nn(-c2ccc(Cl)cc2)c(=O)n(Cc2cccc(F)c2)c1=O. The van der Waals surface area contributed by atoms with Crippen LogP contribution in [-0.4, -0.2) is 20.3 Å². The second-order valence-corrected chi connectivity index (χ2v) is 7.79. The van der Waals surface area contributed by atoms with E-state index in [1.165, 1.54) is 66.7 Å². The number of halogens is 3. The average molecular weight is 483 g/mol. The quantitative estimate of drug-likeness (QED) is 0.457. The monoisotopic (exact) mass is 482 g/mol. The van der Waals surface area contributed by atoms with Crippen molar-refractivity contribution < 1.29 is 13.6 Å². The third kappa shape index (κ3) is 5.10. The topological polar surface area (TPSA) is 86.0 Å². The molecule has 0 unspecified atom stereocenters. The zero-order valence-corrected chi connectivity index (χ0v) is 18.3. The zero-order valence-electron chi connectivity index (χ0n) is 17.5. The Kier molecular flexibility index (Phi) is 6.65. The summed E-state index contributed by atoms with van der Waals surface area (Å²) in [6.45, 7) is -0.270. The maximum atomic E-state index is 13.7. The Morgan fingerprint density at radius 3 is 2.29 bits per heavy atom. The average Bonchev–Trinajstić information content (AvgIpc) is 2.82. The fraction of sp³-hybridized carbons (Fsp3) is 0.0833. The number of nitrogens with zero attached hydrogens (tertiary/aromatic N) is 3. The van der Waals surface area contributed by atoms with Crippen molar-refractivity contribution in [1.82, 2.24) is 19.7 Å². The Balaban J connectivity index is 1.76. The summed E-state index contributed by atoms with van der Waals surface area (Å²) in [5, 5.41) is 6.97. The van der Waals surface area contributed by atoms with Gasteiger partial charge in [0, 0.05) is 11.6 Å². The van der Waals surface area contributed by atoms with Crippen molar-refractivity contribution in [2.24, 2.45) is 0 Å². The molecule has 0 fully saturated rings. The highest BCUT2D eigenvalue weighted by Crippen LogP contribution is 2.11. The van der Waals surface area contributed by atoms with E-state index in [1.807, 2.05) is 0 Å². The molecule has 1 N–H and O–H groups in total. The van der Waals surface area contributed by atoms with E-state index in [-0.39, 0.29) is 18.8 Å². The fourth-order valence-corrected chi connectivity index (χ4v) is 3.36. The van der Waals surface area contributed by atoms with E-state index in [9.17, 15) is 23.2 Å². The van der Waals surface area contributed by atoms with Crippen LogP contribution in [0.25, 0.3) is 5.69 Å². The number of carbonyl (C=O) groups is 1. The molecule has 1 amide bonds. The van der Waals surface area contributed by atoms with Crippen molar-refractivity contribution in [3.8, 4) is 5.69 Å². The first kappa shape index (κ1) is 23.1. The molecule has 0 atom stereocenters. The van der Waals surface area contributed by atoms with E-state index in [2.05, 4.69) is 10.4 Å². The van der Waals surface area contributed by atoms with Gasteiger partial charge in [-0.1, -0.05) is 35.9 Å². The van der Waals surface area contributed by atoms with Crippen molar-refractivity contribution in [3.63, 3.8) is 0 Å². The Morgan fingerprint density at radius 2 is 1.62 bits per heavy atom. The minimum Gasteiger partial charge on any atom is -0.346 e. The predicted octanol–water partition coefficient (Wildman–Crippen LogP) is 3.30. The number of rotatable bonds is 6. The van der Waals surface area contributed by atoms with Crippen LogP contribution in [0.3, 0.4) is 0 Å². The van der Waals surface area contributed by atoms with Crippen molar-refractivity contribution in [1.29, 1.82) is 0 Å². The van der Waals surface area contributed by atoms with Gasteiger partial charge in [-0.25, -0.2) is 13.6 Å². The molecular weight excluding hydrogens is 466 g/mol. The minimum absolute atomic E-state index is 0.00417. The standard InChI is InChI=1S/C24H17ClF2N4O3/c25-17-6-10-20(11-7-17)31-24(34)30(14-16-2-1-3-19(27)12-16)23(33)21(29-31)22(32)28-13-15-4-8-18(26)9-5-15/h1-12H,13-14H2,(H,28,32). The highest BCUT2D eigenvalue weighted by Gasteiger charge is 2.20. The van der Waals surface area contributed by atoms with Gasteiger partial charge in [-0.15, -0.1) is 0 Å². The van der Waals surface area contributed by atoms with E-state index >= 15 is 0 Å². The van der Waals surface area contributed by atoms with Crippen LogP contribution in [0, 0.1) is 11.6 Å². The van der Waals surface area contributed by atoms with Gasteiger partial charge in [-0.2, -0.15) is 9.78 Å². The molecule has 0 spiro atoms. The highest BCUT2D eigenvalue weighted by molar-refractivity contribution is 6.30. The Hall–Kier alpha value is -4.11. The summed E-state index contributed by atoms with van der Waals surface area (Å²) in [4.78, 5) is 39.1. The van der Waals surface area contributed by atoms with Gasteiger partial charge in [0.1, 0.15) is 11.6 Å². The summed E-state index contributed by atoms with van der Waals surface area (Å²) in [6, 6.07) is 17.0. The minimum atomic E-state index is -0.934. The first-order valence-corrected chi connectivity index (χ1v) is 10.5. The van der Waals surface area contributed by atoms with Crippen LogP contribution in [0.4, 0.5) is 8.78 Å². The Bertz CT molecular complexity index is 1470. The lowest BCUT2D eigenvalue weighted by Crippen LogP contribution is -2.46. The second-order valence-electron chi connectivity index (χ2n) is 7.35. The van der Waals surface area contributed by atoms with E-state index < -0.39 is 34.5 Å². The molecule has 0 radical (unpaired) electrons. The number of nitrogens with one attached hydrogen (secondary N) is 1. The van der Waals surface area contributed by atoms with Crippen molar-refractivity contribution in [2.75, 3.05) is 0 Å². The number of aromatic nitrogens is 3. The summed E-state index contributed by atoms with van der Waals surface area (Å²) in [6.07, 6.45) is 0. The van der Waals surface area contributed by atoms with Gasteiger partial charge < -0.3 is 5.32 Å². The number of benzene rings is 3. The van der Waals surface area contributed by atoms with Gasteiger partial charge in [0.05, 0.1) is 12.2 Å². The Morgan fingerprint density at radius 1 is 0.912 bits per heavy atom. The van der Waals surface area contributed by atoms with Crippen LogP contribution in [0.1, 0.15) is 21.6 Å². The molecule has 34 heavy (non-hydrogen) atoms. The smallest absolute Gasteiger partial charge is 0.346 e. The molecule has 3 aromatic carbocycles. The molecular formula is C24H17ClF2N4O3. The van der Waals surface area contributed by atoms with Crippen LogP contribution in [0.2, 0.25) is 5.02 Å². The third-order valence-electron chi connectivity index (χ3n) is 4.94. The summed E-state index contributed by atoms with van der Waals surface area (Å²) < 4.78 is 28.5. The normalized spacial score (nSPS) is 10.8. The van der Waals surface area contributed by atoms with E-state index in [4.69, 9.17) is 11.6 Å². The summed E-state index contributed by atoms with van der Waals surface area (Å²) in [5.41, 5.74) is -1.06. The summed E-state index contributed by atoms with van der Waals surface area (Å²) >= 11 is 5.92. The first-order chi connectivity index (χ1) is 16.3. The molecule has 0 saturated heterocycles. The van der Waals surface area contributed by atoms with Crippen molar-refractivity contribution >= 4 is 17.5 Å². The fourth-order valence-electron chi connectivity index (χ4n) is 3.23. The van der Waals surface area contributed by atoms with Crippen molar-refractivity contribution in [3.05, 3.63) is 127 Å². The Labute approximate surface area is 196 Å². The summed E-state index contributed by atoms with van der Waals surface area (Å²) in [5.74, 6) is -1.79.